The summed E-state index contributed by atoms with van der Waals surface area (Å²) < 4.78 is 11.4. The predicted octanol–water partition coefficient (Wildman–Crippen LogP) is 5.61. The molecule has 0 saturated heterocycles. The van der Waals surface area contributed by atoms with Gasteiger partial charge in [-0.1, -0.05) is 42.0 Å². The Balaban J connectivity index is 1.49. The Kier molecular flexibility index (Phi) is 7.12. The number of hydrogen-bond donors (Lipinski definition) is 2. The van der Waals surface area contributed by atoms with Gasteiger partial charge in [0.15, 0.2) is 11.5 Å². The molecule has 4 aromatic rings. The third-order valence-corrected chi connectivity index (χ3v) is 5.81. The molecule has 7 nitrogen and oxygen atoms in total. The van der Waals surface area contributed by atoms with Gasteiger partial charge in [0, 0.05) is 0 Å². The number of carbonyl (C=O) groups is 2. The number of esters is 1. The first-order chi connectivity index (χ1) is 16.9. The van der Waals surface area contributed by atoms with Gasteiger partial charge in [-0.3, -0.25) is 4.79 Å². The molecule has 4 aromatic carbocycles. The van der Waals surface area contributed by atoms with E-state index in [1.807, 2.05) is 43.3 Å². The summed E-state index contributed by atoms with van der Waals surface area (Å²) in [6.07, 6.45) is 1.41. The topological polar surface area (TPSA) is 97.2 Å². The Morgan fingerprint density at radius 2 is 1.69 bits per heavy atom. The summed E-state index contributed by atoms with van der Waals surface area (Å²) in [6, 6.07) is 20.9. The number of phenols is 1. The van der Waals surface area contributed by atoms with Crippen molar-refractivity contribution in [3.63, 3.8) is 0 Å². The lowest BCUT2D eigenvalue weighted by Crippen LogP contribution is -2.17. The second kappa shape index (κ2) is 10.4. The van der Waals surface area contributed by atoms with Gasteiger partial charge >= 0.3 is 5.97 Å². The molecule has 0 saturated carbocycles. The van der Waals surface area contributed by atoms with Crippen LogP contribution in [0, 0.1) is 6.92 Å². The highest BCUT2D eigenvalue weighted by Gasteiger charge is 2.17. The average molecular weight is 533 g/mol. The van der Waals surface area contributed by atoms with E-state index in [0.717, 1.165) is 16.3 Å². The standard InChI is InChI=1S/C27H21BrN2O5/c1-16-7-9-18(10-8-16)27(33)35-25-22(28)11-17(12-24(25)34-2)15-29-30-26(32)21-13-19-5-3-4-6-20(19)14-23(21)31/h3-15,31H,1-2H3,(H,30,32). The monoisotopic (exact) mass is 532 g/mol. The summed E-state index contributed by atoms with van der Waals surface area (Å²) in [6.45, 7) is 1.93. The highest BCUT2D eigenvalue weighted by Crippen LogP contribution is 2.37. The number of carbonyl (C=O) groups excluding carboxylic acids is 2. The van der Waals surface area contributed by atoms with Gasteiger partial charge in [-0.15, -0.1) is 0 Å². The summed E-state index contributed by atoms with van der Waals surface area (Å²) in [5.74, 6) is -0.687. The first kappa shape index (κ1) is 24.0. The molecule has 0 aliphatic rings. The van der Waals surface area contributed by atoms with Crippen molar-refractivity contribution in [3.05, 3.63) is 99.5 Å². The molecule has 0 aliphatic heterocycles. The van der Waals surface area contributed by atoms with Crippen molar-refractivity contribution in [2.24, 2.45) is 5.10 Å². The molecule has 0 aromatic heterocycles. The van der Waals surface area contributed by atoms with Crippen LogP contribution in [0.5, 0.6) is 17.2 Å². The van der Waals surface area contributed by atoms with Crippen molar-refractivity contribution in [2.45, 2.75) is 6.92 Å². The number of hydrogen-bond acceptors (Lipinski definition) is 6. The molecular weight excluding hydrogens is 512 g/mol. The number of halogens is 1. The number of aromatic hydroxyl groups is 1. The summed E-state index contributed by atoms with van der Waals surface area (Å²) >= 11 is 3.40. The van der Waals surface area contributed by atoms with Gasteiger partial charge in [0.25, 0.3) is 5.91 Å². The van der Waals surface area contributed by atoms with Crippen LogP contribution in [0.15, 0.2) is 82.4 Å². The van der Waals surface area contributed by atoms with Gasteiger partial charge < -0.3 is 14.6 Å². The van der Waals surface area contributed by atoms with Crippen molar-refractivity contribution in [2.75, 3.05) is 7.11 Å². The van der Waals surface area contributed by atoms with Gasteiger partial charge in [0.1, 0.15) is 5.75 Å². The zero-order valence-electron chi connectivity index (χ0n) is 18.9. The number of amides is 1. The minimum absolute atomic E-state index is 0.109. The number of aryl methyl sites for hydroxylation is 1. The Hall–Kier alpha value is -4.17. The van der Waals surface area contributed by atoms with Crippen LogP contribution in [0.1, 0.15) is 31.8 Å². The molecule has 4 rings (SSSR count). The molecule has 8 heteroatoms. The molecule has 0 bridgehead atoms. The normalized spacial score (nSPS) is 10.9. The lowest BCUT2D eigenvalue weighted by Gasteiger charge is -2.12. The largest absolute Gasteiger partial charge is 0.507 e. The quantitative estimate of drug-likeness (QED) is 0.145. The minimum atomic E-state index is -0.556. The lowest BCUT2D eigenvalue weighted by atomic mass is 10.1. The Bertz CT molecular complexity index is 1450. The molecule has 176 valence electrons. The van der Waals surface area contributed by atoms with E-state index < -0.39 is 11.9 Å². The Labute approximate surface area is 210 Å². The summed E-state index contributed by atoms with van der Waals surface area (Å²) in [5.41, 5.74) is 4.54. The zero-order valence-corrected chi connectivity index (χ0v) is 20.5. The molecular formula is C27H21BrN2O5. The number of hydrazone groups is 1. The highest BCUT2D eigenvalue weighted by atomic mass is 79.9. The maximum atomic E-state index is 12.5. The van der Waals surface area contributed by atoms with Crippen LogP contribution >= 0.6 is 15.9 Å². The van der Waals surface area contributed by atoms with Crippen LogP contribution in [-0.2, 0) is 0 Å². The summed E-state index contributed by atoms with van der Waals surface area (Å²) in [5, 5.41) is 15.9. The Morgan fingerprint density at radius 1 is 1.00 bits per heavy atom. The van der Waals surface area contributed by atoms with E-state index in [1.54, 1.807) is 30.3 Å². The number of phenolic OH excluding ortho intramolecular Hbond substituents is 1. The Morgan fingerprint density at radius 3 is 2.37 bits per heavy atom. The molecule has 1 amide bonds. The summed E-state index contributed by atoms with van der Waals surface area (Å²) in [7, 11) is 1.45. The van der Waals surface area contributed by atoms with Crippen molar-refractivity contribution in [3.8, 4) is 17.2 Å². The maximum absolute atomic E-state index is 12.5. The van der Waals surface area contributed by atoms with Crippen LogP contribution in [0.4, 0.5) is 0 Å². The second-order valence-electron chi connectivity index (χ2n) is 7.71. The average Bonchev–Trinajstić information content (AvgIpc) is 2.85. The number of fused-ring (bicyclic) bond motifs is 1. The van der Waals surface area contributed by atoms with Gasteiger partial charge in [0.05, 0.1) is 28.9 Å². The fraction of sp³-hybridized carbons (Fsp3) is 0.0741. The van der Waals surface area contributed by atoms with Crippen LogP contribution in [-0.4, -0.2) is 30.3 Å². The van der Waals surface area contributed by atoms with Gasteiger partial charge in [0.2, 0.25) is 0 Å². The van der Waals surface area contributed by atoms with E-state index >= 15 is 0 Å². The van der Waals surface area contributed by atoms with E-state index in [9.17, 15) is 14.7 Å². The first-order valence-electron chi connectivity index (χ1n) is 10.6. The first-order valence-corrected chi connectivity index (χ1v) is 11.4. The van der Waals surface area contributed by atoms with Crippen molar-refractivity contribution >= 4 is 44.8 Å². The van der Waals surface area contributed by atoms with E-state index in [-0.39, 0.29) is 17.1 Å². The number of nitrogens with zero attached hydrogens (tertiary/aromatic N) is 1. The van der Waals surface area contributed by atoms with Crippen LogP contribution in [0.2, 0.25) is 0 Å². The fourth-order valence-corrected chi connectivity index (χ4v) is 3.93. The molecule has 2 N–H and O–H groups in total. The van der Waals surface area contributed by atoms with E-state index in [4.69, 9.17) is 9.47 Å². The van der Waals surface area contributed by atoms with E-state index in [1.165, 1.54) is 19.4 Å². The highest BCUT2D eigenvalue weighted by molar-refractivity contribution is 9.10. The molecule has 0 atom stereocenters. The predicted molar refractivity (Wildman–Crippen MR) is 138 cm³/mol. The molecule has 0 spiro atoms. The zero-order chi connectivity index (χ0) is 24.9. The van der Waals surface area contributed by atoms with Crippen LogP contribution < -0.4 is 14.9 Å². The second-order valence-corrected chi connectivity index (χ2v) is 8.56. The van der Waals surface area contributed by atoms with Crippen LogP contribution in [0.3, 0.4) is 0 Å². The third kappa shape index (κ3) is 5.50. The van der Waals surface area contributed by atoms with E-state index in [2.05, 4.69) is 26.5 Å². The number of benzene rings is 4. The number of nitrogens with one attached hydrogen (secondary N) is 1. The molecule has 0 unspecified atom stereocenters. The number of ether oxygens (including phenoxy) is 2. The van der Waals surface area contributed by atoms with Gasteiger partial charge in [-0.2, -0.15) is 5.10 Å². The van der Waals surface area contributed by atoms with Crippen molar-refractivity contribution in [1.29, 1.82) is 0 Å². The number of rotatable bonds is 6. The molecule has 0 fully saturated rings. The van der Waals surface area contributed by atoms with Crippen molar-refractivity contribution in [1.82, 2.24) is 5.43 Å². The smallest absolute Gasteiger partial charge is 0.343 e. The summed E-state index contributed by atoms with van der Waals surface area (Å²) in [4.78, 5) is 25.1. The van der Waals surface area contributed by atoms with Crippen molar-refractivity contribution < 1.29 is 24.2 Å². The minimum Gasteiger partial charge on any atom is -0.507 e. The molecule has 0 heterocycles. The van der Waals surface area contributed by atoms with Gasteiger partial charge in [-0.05, 0) is 75.6 Å². The SMILES string of the molecule is COc1cc(C=NNC(=O)c2cc3ccccc3cc2O)cc(Br)c1OC(=O)c1ccc(C)cc1. The number of methoxy groups -OCH3 is 1. The molecule has 0 radical (unpaired) electrons. The lowest BCUT2D eigenvalue weighted by molar-refractivity contribution is 0.0728. The molecule has 0 aliphatic carbocycles. The van der Waals surface area contributed by atoms with Crippen LogP contribution in [0.25, 0.3) is 10.8 Å². The molecule has 35 heavy (non-hydrogen) atoms. The fourth-order valence-electron chi connectivity index (χ4n) is 3.39. The third-order valence-electron chi connectivity index (χ3n) is 5.22. The van der Waals surface area contributed by atoms with E-state index in [0.29, 0.717) is 21.3 Å². The maximum Gasteiger partial charge on any atom is 0.343 e. The van der Waals surface area contributed by atoms with Gasteiger partial charge in [-0.25, -0.2) is 10.2 Å².